The Labute approximate surface area is 106 Å². The van der Waals surface area contributed by atoms with Crippen LogP contribution in [0.25, 0.3) is 0 Å². The Bertz CT molecular complexity index is 368. The van der Waals surface area contributed by atoms with Gasteiger partial charge < -0.3 is 0 Å². The number of rotatable bonds is 3. The minimum absolute atomic E-state index is 0.144. The highest BCUT2D eigenvalue weighted by atomic mass is 79.9. The van der Waals surface area contributed by atoms with Gasteiger partial charge in [-0.05, 0) is 11.6 Å². The van der Waals surface area contributed by atoms with E-state index >= 15 is 0 Å². The molecule has 1 rings (SSSR count). The van der Waals surface area contributed by atoms with Gasteiger partial charge in [-0.25, -0.2) is 0 Å². The third-order valence-electron chi connectivity index (χ3n) is 1.76. The molecule has 0 aromatic heterocycles. The molecule has 0 saturated carbocycles. The summed E-state index contributed by atoms with van der Waals surface area (Å²) >= 11 is 9.80. The molecule has 0 radical (unpaired) electrons. The van der Waals surface area contributed by atoms with Crippen molar-refractivity contribution in [2.75, 3.05) is 0 Å². The first-order valence-corrected chi connectivity index (χ1v) is 6.71. The summed E-state index contributed by atoms with van der Waals surface area (Å²) in [6.45, 7) is 0. The van der Waals surface area contributed by atoms with Crippen LogP contribution in [0.3, 0.4) is 0 Å². The SMILES string of the molecule is O=[N+]([O-])c1cc(Br)cc(CBr)c1CBr. The number of halogens is 3. The Morgan fingerprint density at radius 3 is 2.36 bits per heavy atom. The lowest BCUT2D eigenvalue weighted by molar-refractivity contribution is -0.385. The van der Waals surface area contributed by atoms with Crippen LogP contribution >= 0.6 is 47.8 Å². The van der Waals surface area contributed by atoms with E-state index in [2.05, 4.69) is 47.8 Å². The number of nitro groups is 1. The van der Waals surface area contributed by atoms with E-state index in [1.165, 1.54) is 6.07 Å². The summed E-state index contributed by atoms with van der Waals surface area (Å²) in [5, 5.41) is 11.8. The standard InChI is InChI=1S/C8H6Br3NO2/c9-3-5-1-6(11)2-8(12(13)14)7(5)4-10/h1-2H,3-4H2. The van der Waals surface area contributed by atoms with E-state index in [1.807, 2.05) is 6.07 Å². The van der Waals surface area contributed by atoms with Crippen molar-refractivity contribution in [2.24, 2.45) is 0 Å². The fraction of sp³-hybridized carbons (Fsp3) is 0.250. The maximum absolute atomic E-state index is 10.7. The second-order valence-electron chi connectivity index (χ2n) is 2.59. The molecule has 76 valence electrons. The van der Waals surface area contributed by atoms with Gasteiger partial charge >= 0.3 is 0 Å². The van der Waals surface area contributed by atoms with E-state index in [1.54, 1.807) is 0 Å². The van der Waals surface area contributed by atoms with Gasteiger partial charge in [-0.1, -0.05) is 47.8 Å². The Morgan fingerprint density at radius 2 is 1.93 bits per heavy atom. The maximum Gasteiger partial charge on any atom is 0.274 e. The van der Waals surface area contributed by atoms with Gasteiger partial charge in [0.15, 0.2) is 0 Å². The number of nitro benzene ring substituents is 1. The first kappa shape index (κ1) is 12.1. The molecular weight excluding hydrogens is 382 g/mol. The van der Waals surface area contributed by atoms with Crippen molar-refractivity contribution in [3.8, 4) is 0 Å². The monoisotopic (exact) mass is 385 g/mol. The third kappa shape index (κ3) is 2.55. The highest BCUT2D eigenvalue weighted by Gasteiger charge is 2.17. The number of nitrogens with zero attached hydrogens (tertiary/aromatic N) is 1. The van der Waals surface area contributed by atoms with Gasteiger partial charge in [-0.3, -0.25) is 10.1 Å². The molecule has 0 aliphatic heterocycles. The predicted molar refractivity (Wildman–Crippen MR) is 66.1 cm³/mol. The van der Waals surface area contributed by atoms with Gasteiger partial charge in [-0.15, -0.1) is 0 Å². The van der Waals surface area contributed by atoms with Crippen LogP contribution in [-0.2, 0) is 10.7 Å². The van der Waals surface area contributed by atoms with Crippen LogP contribution in [0.2, 0.25) is 0 Å². The summed E-state index contributed by atoms with van der Waals surface area (Å²) in [7, 11) is 0. The minimum atomic E-state index is -0.368. The van der Waals surface area contributed by atoms with Gasteiger partial charge in [0, 0.05) is 26.8 Å². The average molecular weight is 388 g/mol. The van der Waals surface area contributed by atoms with E-state index < -0.39 is 0 Å². The van der Waals surface area contributed by atoms with Crippen LogP contribution in [0, 0.1) is 10.1 Å². The quantitative estimate of drug-likeness (QED) is 0.444. The number of hydrogen-bond donors (Lipinski definition) is 0. The van der Waals surface area contributed by atoms with Gasteiger partial charge in [0.2, 0.25) is 0 Å². The van der Waals surface area contributed by atoms with Gasteiger partial charge in [-0.2, -0.15) is 0 Å². The van der Waals surface area contributed by atoms with Crippen molar-refractivity contribution >= 4 is 53.5 Å². The molecule has 1 aromatic rings. The lowest BCUT2D eigenvalue weighted by Crippen LogP contribution is -1.97. The molecule has 0 unspecified atom stereocenters. The zero-order chi connectivity index (χ0) is 10.7. The second-order valence-corrected chi connectivity index (χ2v) is 4.62. The second kappa shape index (κ2) is 5.23. The van der Waals surface area contributed by atoms with Crippen molar-refractivity contribution < 1.29 is 4.92 Å². The molecule has 0 spiro atoms. The van der Waals surface area contributed by atoms with E-state index in [4.69, 9.17) is 0 Å². The van der Waals surface area contributed by atoms with Crippen molar-refractivity contribution in [3.05, 3.63) is 37.8 Å². The van der Waals surface area contributed by atoms with Crippen LogP contribution in [0.4, 0.5) is 5.69 Å². The molecule has 0 aliphatic carbocycles. The fourth-order valence-electron chi connectivity index (χ4n) is 1.11. The van der Waals surface area contributed by atoms with E-state index in [9.17, 15) is 10.1 Å². The third-order valence-corrected chi connectivity index (χ3v) is 3.38. The highest BCUT2D eigenvalue weighted by molar-refractivity contribution is 9.10. The molecule has 0 amide bonds. The molecule has 6 heteroatoms. The van der Waals surface area contributed by atoms with Crippen LogP contribution in [0.1, 0.15) is 11.1 Å². The molecule has 0 N–H and O–H groups in total. The summed E-state index contributed by atoms with van der Waals surface area (Å²) in [5.74, 6) is 0. The summed E-state index contributed by atoms with van der Waals surface area (Å²) in [6, 6.07) is 3.39. The molecule has 0 heterocycles. The lowest BCUT2D eigenvalue weighted by atomic mass is 10.1. The molecule has 0 fully saturated rings. The van der Waals surface area contributed by atoms with E-state index in [0.29, 0.717) is 10.7 Å². The van der Waals surface area contributed by atoms with Crippen molar-refractivity contribution in [2.45, 2.75) is 10.7 Å². The summed E-state index contributed by atoms with van der Waals surface area (Å²) in [6.07, 6.45) is 0. The average Bonchev–Trinajstić information content (AvgIpc) is 2.16. The van der Waals surface area contributed by atoms with Crippen LogP contribution in [-0.4, -0.2) is 4.92 Å². The smallest absolute Gasteiger partial charge is 0.258 e. The van der Waals surface area contributed by atoms with Crippen LogP contribution < -0.4 is 0 Å². The van der Waals surface area contributed by atoms with Crippen LogP contribution in [0.15, 0.2) is 16.6 Å². The number of benzene rings is 1. The topological polar surface area (TPSA) is 43.1 Å². The highest BCUT2D eigenvalue weighted by Crippen LogP contribution is 2.30. The zero-order valence-corrected chi connectivity index (χ0v) is 11.7. The van der Waals surface area contributed by atoms with Gasteiger partial charge in [0.05, 0.1) is 4.92 Å². The van der Waals surface area contributed by atoms with E-state index in [0.717, 1.165) is 15.6 Å². The number of hydrogen-bond acceptors (Lipinski definition) is 2. The van der Waals surface area contributed by atoms with Crippen molar-refractivity contribution in [1.82, 2.24) is 0 Å². The molecular formula is C8H6Br3NO2. The molecule has 0 saturated heterocycles. The van der Waals surface area contributed by atoms with Crippen molar-refractivity contribution in [1.29, 1.82) is 0 Å². The molecule has 0 bridgehead atoms. The Hall–Kier alpha value is 0.0600. The maximum atomic E-state index is 10.7. The normalized spacial score (nSPS) is 10.2. The largest absolute Gasteiger partial charge is 0.274 e. The lowest BCUT2D eigenvalue weighted by Gasteiger charge is -2.05. The molecule has 1 aromatic carbocycles. The van der Waals surface area contributed by atoms with Crippen LogP contribution in [0.5, 0.6) is 0 Å². The van der Waals surface area contributed by atoms with Gasteiger partial charge in [0.25, 0.3) is 5.69 Å². The molecule has 3 nitrogen and oxygen atoms in total. The molecule has 14 heavy (non-hydrogen) atoms. The van der Waals surface area contributed by atoms with Gasteiger partial charge in [0.1, 0.15) is 0 Å². The Kier molecular flexibility index (Phi) is 4.53. The number of alkyl halides is 2. The first-order chi connectivity index (χ1) is 6.60. The van der Waals surface area contributed by atoms with Crippen molar-refractivity contribution in [3.63, 3.8) is 0 Å². The van der Waals surface area contributed by atoms with E-state index in [-0.39, 0.29) is 10.6 Å². The zero-order valence-electron chi connectivity index (χ0n) is 6.97. The Morgan fingerprint density at radius 1 is 1.29 bits per heavy atom. The Balaban J connectivity index is 3.39. The predicted octanol–water partition coefficient (Wildman–Crippen LogP) is 4.15. The first-order valence-electron chi connectivity index (χ1n) is 3.67. The molecule has 0 aliphatic rings. The summed E-state index contributed by atoms with van der Waals surface area (Å²) in [4.78, 5) is 10.4. The summed E-state index contributed by atoms with van der Waals surface area (Å²) < 4.78 is 0.725. The fourth-order valence-corrected chi connectivity index (χ4v) is 2.75. The minimum Gasteiger partial charge on any atom is -0.258 e. The molecule has 0 atom stereocenters. The summed E-state index contributed by atoms with van der Waals surface area (Å²) in [5.41, 5.74) is 1.78.